The number of halogens is 1. The Hall–Kier alpha value is -3.62. The molecule has 1 heterocycles. The van der Waals surface area contributed by atoms with Gasteiger partial charge in [0.15, 0.2) is 6.29 Å². The molecule has 186 valence electrons. The highest BCUT2D eigenvalue weighted by molar-refractivity contribution is 9.10. The number of hydrogen-bond donors (Lipinski definition) is 1. The molecule has 37 heavy (non-hydrogen) atoms. The monoisotopic (exact) mass is 574 g/mol. The molecule has 5 rings (SSSR count). The largest absolute Gasteiger partial charge is 0.496 e. The summed E-state index contributed by atoms with van der Waals surface area (Å²) in [6.07, 6.45) is 1.89. The second-order valence-corrected chi connectivity index (χ2v) is 10.2. The number of aromatic nitrogens is 1. The SMILES string of the molecule is COc1ccc(Br)c(CNC(=O)OCC2c3ccccc3-c3ccccc32)c1Sc1ncccc1C=O. The van der Waals surface area contributed by atoms with E-state index in [9.17, 15) is 9.59 Å². The molecule has 8 heteroatoms. The van der Waals surface area contributed by atoms with Crippen LogP contribution in [0.4, 0.5) is 4.79 Å². The molecule has 1 N–H and O–H groups in total. The Kier molecular flexibility index (Phi) is 7.58. The maximum Gasteiger partial charge on any atom is 0.407 e. The summed E-state index contributed by atoms with van der Waals surface area (Å²) in [4.78, 5) is 29.4. The molecule has 1 amide bonds. The number of pyridine rings is 1. The number of methoxy groups -OCH3 is 1. The Labute approximate surface area is 227 Å². The van der Waals surface area contributed by atoms with Crippen LogP contribution in [0.15, 0.2) is 93.4 Å². The fraction of sp³-hybridized carbons (Fsp3) is 0.138. The van der Waals surface area contributed by atoms with Crippen LogP contribution in [-0.4, -0.2) is 31.1 Å². The molecule has 0 bridgehead atoms. The van der Waals surface area contributed by atoms with Crippen molar-refractivity contribution < 1.29 is 19.1 Å². The van der Waals surface area contributed by atoms with Gasteiger partial charge in [-0.05, 0) is 46.5 Å². The van der Waals surface area contributed by atoms with Gasteiger partial charge < -0.3 is 14.8 Å². The van der Waals surface area contributed by atoms with Gasteiger partial charge in [0.1, 0.15) is 17.4 Å². The van der Waals surface area contributed by atoms with E-state index in [1.807, 2.05) is 36.4 Å². The molecule has 1 aliphatic carbocycles. The molecular formula is C29H23BrN2O4S. The molecule has 0 saturated carbocycles. The Morgan fingerprint density at radius 2 is 1.73 bits per heavy atom. The van der Waals surface area contributed by atoms with Crippen LogP contribution in [0.25, 0.3) is 11.1 Å². The van der Waals surface area contributed by atoms with Gasteiger partial charge in [-0.2, -0.15) is 0 Å². The minimum atomic E-state index is -0.515. The molecule has 4 aromatic rings. The summed E-state index contributed by atoms with van der Waals surface area (Å²) in [7, 11) is 1.58. The molecular weight excluding hydrogens is 552 g/mol. The van der Waals surface area contributed by atoms with Crippen molar-refractivity contribution in [1.29, 1.82) is 0 Å². The van der Waals surface area contributed by atoms with Crippen molar-refractivity contribution in [2.75, 3.05) is 13.7 Å². The first kappa shape index (κ1) is 25.0. The van der Waals surface area contributed by atoms with E-state index in [4.69, 9.17) is 9.47 Å². The summed E-state index contributed by atoms with van der Waals surface area (Å²) < 4.78 is 12.1. The lowest BCUT2D eigenvalue weighted by Gasteiger charge is -2.17. The van der Waals surface area contributed by atoms with E-state index in [1.165, 1.54) is 22.9 Å². The number of amides is 1. The number of carbonyl (C=O) groups excluding carboxylic acids is 2. The van der Waals surface area contributed by atoms with Crippen LogP contribution in [0.2, 0.25) is 0 Å². The van der Waals surface area contributed by atoms with E-state index in [1.54, 1.807) is 25.4 Å². The van der Waals surface area contributed by atoms with E-state index in [2.05, 4.69) is 50.5 Å². The van der Waals surface area contributed by atoms with Crippen LogP contribution in [0.3, 0.4) is 0 Å². The second-order valence-electron chi connectivity index (χ2n) is 8.35. The Balaban J connectivity index is 1.31. The Bertz CT molecular complexity index is 1430. The number of fused-ring (bicyclic) bond motifs is 3. The number of aldehydes is 1. The maximum atomic E-state index is 12.8. The van der Waals surface area contributed by atoms with E-state index in [-0.39, 0.29) is 19.1 Å². The third-order valence-corrected chi connectivity index (χ3v) is 8.20. The molecule has 3 aromatic carbocycles. The van der Waals surface area contributed by atoms with Crippen LogP contribution < -0.4 is 10.1 Å². The Morgan fingerprint density at radius 1 is 1.03 bits per heavy atom. The number of nitrogens with zero attached hydrogens (tertiary/aromatic N) is 1. The zero-order valence-corrected chi connectivity index (χ0v) is 22.3. The van der Waals surface area contributed by atoms with Crippen LogP contribution in [-0.2, 0) is 11.3 Å². The second kappa shape index (κ2) is 11.2. The number of alkyl carbamates (subject to hydrolysis) is 1. The van der Waals surface area contributed by atoms with Crippen molar-refractivity contribution in [3.63, 3.8) is 0 Å². The smallest absolute Gasteiger partial charge is 0.407 e. The van der Waals surface area contributed by atoms with Gasteiger partial charge in [-0.15, -0.1) is 0 Å². The third kappa shape index (κ3) is 5.12. The topological polar surface area (TPSA) is 77.5 Å². The van der Waals surface area contributed by atoms with E-state index in [0.717, 1.165) is 32.3 Å². The summed E-state index contributed by atoms with van der Waals surface area (Å²) >= 11 is 4.90. The molecule has 1 aliphatic rings. The fourth-order valence-corrected chi connectivity index (χ4v) is 6.20. The number of nitrogens with one attached hydrogen (secondary N) is 1. The zero-order valence-electron chi connectivity index (χ0n) is 19.9. The van der Waals surface area contributed by atoms with Crippen LogP contribution in [0.1, 0.15) is 33.0 Å². The first-order chi connectivity index (χ1) is 18.1. The van der Waals surface area contributed by atoms with Gasteiger partial charge in [0.2, 0.25) is 0 Å². The molecule has 6 nitrogen and oxygen atoms in total. The highest BCUT2D eigenvalue weighted by Crippen LogP contribution is 2.44. The summed E-state index contributed by atoms with van der Waals surface area (Å²) in [6, 6.07) is 23.6. The van der Waals surface area contributed by atoms with E-state index >= 15 is 0 Å². The number of hydrogen-bond acceptors (Lipinski definition) is 6. The molecule has 0 aliphatic heterocycles. The minimum absolute atomic E-state index is 0.0151. The predicted octanol–water partition coefficient (Wildman–Crippen LogP) is 6.86. The minimum Gasteiger partial charge on any atom is -0.496 e. The molecule has 0 radical (unpaired) electrons. The summed E-state index contributed by atoms with van der Waals surface area (Å²) in [5.41, 5.74) is 5.95. The van der Waals surface area contributed by atoms with Crippen molar-refractivity contribution >= 4 is 40.1 Å². The van der Waals surface area contributed by atoms with Gasteiger partial charge in [0.05, 0.1) is 12.0 Å². The Morgan fingerprint density at radius 3 is 2.41 bits per heavy atom. The lowest BCUT2D eigenvalue weighted by atomic mass is 9.98. The van der Waals surface area contributed by atoms with Gasteiger partial charge in [-0.3, -0.25) is 4.79 Å². The van der Waals surface area contributed by atoms with Gasteiger partial charge in [0, 0.05) is 34.3 Å². The third-order valence-electron chi connectivity index (χ3n) is 6.27. The maximum absolute atomic E-state index is 12.8. The van der Waals surface area contributed by atoms with E-state index in [0.29, 0.717) is 16.3 Å². The highest BCUT2D eigenvalue weighted by Gasteiger charge is 2.29. The number of carbonyl (C=O) groups is 2. The average molecular weight is 575 g/mol. The fourth-order valence-electron chi connectivity index (χ4n) is 4.50. The summed E-state index contributed by atoms with van der Waals surface area (Å²) in [5, 5.41) is 3.42. The molecule has 1 aromatic heterocycles. The highest BCUT2D eigenvalue weighted by atomic mass is 79.9. The molecule has 0 saturated heterocycles. The van der Waals surface area contributed by atoms with Crippen LogP contribution in [0.5, 0.6) is 5.75 Å². The van der Waals surface area contributed by atoms with Gasteiger partial charge in [0.25, 0.3) is 0 Å². The standard InChI is InChI=1S/C29H23BrN2O4S/c1-35-26-13-12-25(30)23(27(26)37-28-18(16-33)7-6-14-31-28)15-32-29(34)36-17-24-21-10-4-2-8-19(21)20-9-3-5-11-22(20)24/h2-14,16,24H,15,17H2,1H3,(H,32,34). The van der Waals surface area contributed by atoms with Crippen molar-refractivity contribution in [2.45, 2.75) is 22.4 Å². The van der Waals surface area contributed by atoms with Crippen molar-refractivity contribution in [1.82, 2.24) is 10.3 Å². The van der Waals surface area contributed by atoms with Gasteiger partial charge in [-0.1, -0.05) is 76.2 Å². The lowest BCUT2D eigenvalue weighted by Crippen LogP contribution is -2.26. The molecule has 0 unspecified atom stereocenters. The molecule has 0 spiro atoms. The predicted molar refractivity (Wildman–Crippen MR) is 146 cm³/mol. The van der Waals surface area contributed by atoms with Crippen molar-refractivity contribution in [3.8, 4) is 16.9 Å². The van der Waals surface area contributed by atoms with Crippen LogP contribution >= 0.6 is 27.7 Å². The summed E-state index contributed by atoms with van der Waals surface area (Å²) in [5.74, 6) is 0.596. The first-order valence-electron chi connectivity index (χ1n) is 11.6. The van der Waals surface area contributed by atoms with Crippen LogP contribution in [0, 0.1) is 0 Å². The zero-order chi connectivity index (χ0) is 25.8. The summed E-state index contributed by atoms with van der Waals surface area (Å²) in [6.45, 7) is 0.428. The molecule has 0 fully saturated rings. The average Bonchev–Trinajstić information content (AvgIpc) is 3.25. The number of ether oxygens (including phenoxy) is 2. The quantitative estimate of drug-likeness (QED) is 0.232. The number of rotatable bonds is 8. The van der Waals surface area contributed by atoms with Gasteiger partial charge in [-0.25, -0.2) is 9.78 Å². The normalized spacial score (nSPS) is 11.9. The lowest BCUT2D eigenvalue weighted by molar-refractivity contribution is 0.112. The van der Waals surface area contributed by atoms with E-state index < -0.39 is 6.09 Å². The van der Waals surface area contributed by atoms with Crippen molar-refractivity contribution in [3.05, 3.63) is 106 Å². The molecule has 0 atom stereocenters. The van der Waals surface area contributed by atoms with Gasteiger partial charge >= 0.3 is 6.09 Å². The number of benzene rings is 3. The first-order valence-corrected chi connectivity index (χ1v) is 13.2. The van der Waals surface area contributed by atoms with Crippen molar-refractivity contribution in [2.24, 2.45) is 0 Å².